The van der Waals surface area contributed by atoms with Crippen molar-refractivity contribution in [1.29, 1.82) is 0 Å². The van der Waals surface area contributed by atoms with Gasteiger partial charge in [0.2, 0.25) is 11.8 Å². The first kappa shape index (κ1) is 17.8. The molecule has 2 fully saturated rings. The van der Waals surface area contributed by atoms with Crippen molar-refractivity contribution >= 4 is 29.1 Å². The average Bonchev–Trinajstić information content (AvgIpc) is 2.73. The monoisotopic (exact) mass is 372 g/mol. The van der Waals surface area contributed by atoms with E-state index in [2.05, 4.69) is 10.6 Å². The third-order valence-electron chi connectivity index (χ3n) is 5.43. The van der Waals surface area contributed by atoms with Crippen LogP contribution in [0.1, 0.15) is 23.2 Å². The number of rotatable bonds is 2. The van der Waals surface area contributed by atoms with E-state index in [1.165, 1.54) is 0 Å². The fourth-order valence-electron chi connectivity index (χ4n) is 3.86. The van der Waals surface area contributed by atoms with Gasteiger partial charge in [-0.15, -0.1) is 0 Å². The Morgan fingerprint density at radius 3 is 2.48 bits per heavy atom. The van der Waals surface area contributed by atoms with Crippen LogP contribution in [0.25, 0.3) is 0 Å². The van der Waals surface area contributed by atoms with Gasteiger partial charge in [0.05, 0.1) is 31.1 Å². The molecule has 0 unspecified atom stereocenters. The van der Waals surface area contributed by atoms with E-state index in [1.807, 2.05) is 11.0 Å². The molecule has 0 spiro atoms. The molecular formula is C19H24N4O4. The van der Waals surface area contributed by atoms with Crippen LogP contribution in [-0.2, 0) is 14.3 Å². The Kier molecular flexibility index (Phi) is 4.98. The normalized spacial score (nSPS) is 20.5. The van der Waals surface area contributed by atoms with Crippen LogP contribution >= 0.6 is 0 Å². The fourth-order valence-corrected chi connectivity index (χ4v) is 3.86. The molecule has 3 heterocycles. The van der Waals surface area contributed by atoms with Gasteiger partial charge in [0.1, 0.15) is 0 Å². The van der Waals surface area contributed by atoms with E-state index < -0.39 is 0 Å². The van der Waals surface area contributed by atoms with Crippen LogP contribution in [0.5, 0.6) is 0 Å². The number of fused-ring (bicyclic) bond motifs is 1. The van der Waals surface area contributed by atoms with Crippen LogP contribution in [-0.4, -0.2) is 73.5 Å². The Morgan fingerprint density at radius 1 is 1.00 bits per heavy atom. The summed E-state index contributed by atoms with van der Waals surface area (Å²) in [7, 11) is 0. The van der Waals surface area contributed by atoms with E-state index in [4.69, 9.17) is 4.74 Å². The summed E-state index contributed by atoms with van der Waals surface area (Å²) in [5.41, 5.74) is 2.01. The first-order valence-corrected chi connectivity index (χ1v) is 9.45. The second kappa shape index (κ2) is 7.56. The lowest BCUT2D eigenvalue weighted by molar-refractivity contribution is -0.141. The molecule has 2 N–H and O–H groups in total. The lowest BCUT2D eigenvalue weighted by Crippen LogP contribution is -2.47. The number of piperidine rings is 1. The lowest BCUT2D eigenvalue weighted by Gasteiger charge is -2.35. The van der Waals surface area contributed by atoms with E-state index in [-0.39, 0.29) is 30.2 Å². The molecule has 0 aromatic heterocycles. The number of carbonyl (C=O) groups is 3. The Hall–Kier alpha value is -2.61. The molecule has 3 aliphatic heterocycles. The standard InChI is InChI=1S/C19H24N4O4/c24-17-12-20-15-2-1-14(11-16(15)21-17)19(26)22-5-3-13(4-6-22)18(25)23-7-9-27-10-8-23/h1-2,11,13,20H,3-10,12H2,(H,21,24). The van der Waals surface area contributed by atoms with Crippen LogP contribution in [0.4, 0.5) is 11.4 Å². The van der Waals surface area contributed by atoms with Crippen molar-refractivity contribution in [2.45, 2.75) is 12.8 Å². The summed E-state index contributed by atoms with van der Waals surface area (Å²) < 4.78 is 5.30. The lowest BCUT2D eigenvalue weighted by atomic mass is 9.94. The zero-order chi connectivity index (χ0) is 18.8. The van der Waals surface area contributed by atoms with Gasteiger partial charge in [-0.2, -0.15) is 0 Å². The number of carbonyl (C=O) groups excluding carboxylic acids is 3. The van der Waals surface area contributed by atoms with Crippen LogP contribution in [0.3, 0.4) is 0 Å². The van der Waals surface area contributed by atoms with Crippen molar-refractivity contribution in [1.82, 2.24) is 9.80 Å². The number of hydrogen-bond acceptors (Lipinski definition) is 5. The molecule has 1 aromatic rings. The molecule has 4 rings (SSSR count). The molecule has 0 atom stereocenters. The van der Waals surface area contributed by atoms with Crippen LogP contribution in [0, 0.1) is 5.92 Å². The van der Waals surface area contributed by atoms with Gasteiger partial charge in [-0.1, -0.05) is 0 Å². The van der Waals surface area contributed by atoms with E-state index in [1.54, 1.807) is 17.0 Å². The Morgan fingerprint density at radius 2 is 1.74 bits per heavy atom. The Balaban J connectivity index is 1.36. The van der Waals surface area contributed by atoms with Crippen LogP contribution in [0.15, 0.2) is 18.2 Å². The molecule has 3 amide bonds. The van der Waals surface area contributed by atoms with Crippen molar-refractivity contribution in [2.24, 2.45) is 5.92 Å². The van der Waals surface area contributed by atoms with Crippen molar-refractivity contribution in [3.05, 3.63) is 23.8 Å². The predicted octanol–water partition coefficient (Wildman–Crippen LogP) is 0.762. The zero-order valence-electron chi connectivity index (χ0n) is 15.2. The van der Waals surface area contributed by atoms with Gasteiger partial charge in [-0.25, -0.2) is 0 Å². The van der Waals surface area contributed by atoms with Crippen molar-refractivity contribution in [2.75, 3.05) is 56.6 Å². The number of amides is 3. The molecule has 8 heteroatoms. The van der Waals surface area contributed by atoms with Crippen LogP contribution in [0.2, 0.25) is 0 Å². The minimum Gasteiger partial charge on any atom is -0.378 e. The Labute approximate surface area is 157 Å². The molecule has 0 saturated carbocycles. The molecule has 27 heavy (non-hydrogen) atoms. The molecule has 8 nitrogen and oxygen atoms in total. The number of anilines is 2. The highest BCUT2D eigenvalue weighted by Crippen LogP contribution is 2.27. The molecule has 1 aromatic carbocycles. The number of nitrogens with one attached hydrogen (secondary N) is 2. The van der Waals surface area contributed by atoms with Crippen molar-refractivity contribution in [3.8, 4) is 0 Å². The zero-order valence-corrected chi connectivity index (χ0v) is 15.2. The van der Waals surface area contributed by atoms with Crippen molar-refractivity contribution in [3.63, 3.8) is 0 Å². The maximum absolute atomic E-state index is 12.8. The first-order valence-electron chi connectivity index (χ1n) is 9.45. The van der Waals surface area contributed by atoms with Crippen molar-refractivity contribution < 1.29 is 19.1 Å². The minimum atomic E-state index is -0.116. The molecular weight excluding hydrogens is 348 g/mol. The summed E-state index contributed by atoms with van der Waals surface area (Å²) in [6, 6.07) is 5.31. The molecule has 3 aliphatic rings. The summed E-state index contributed by atoms with van der Waals surface area (Å²) in [6.07, 6.45) is 1.37. The summed E-state index contributed by atoms with van der Waals surface area (Å²) in [5.74, 6) is -0.00318. The highest BCUT2D eigenvalue weighted by Gasteiger charge is 2.31. The molecule has 0 bridgehead atoms. The van der Waals surface area contributed by atoms with Gasteiger partial charge in [-0.05, 0) is 31.0 Å². The highest BCUT2D eigenvalue weighted by atomic mass is 16.5. The van der Waals surface area contributed by atoms with Gasteiger partial charge in [0, 0.05) is 37.7 Å². The van der Waals surface area contributed by atoms with Gasteiger partial charge in [-0.3, -0.25) is 14.4 Å². The highest BCUT2D eigenvalue weighted by molar-refractivity contribution is 6.03. The smallest absolute Gasteiger partial charge is 0.253 e. The number of ether oxygens (including phenoxy) is 1. The predicted molar refractivity (Wildman–Crippen MR) is 99.6 cm³/mol. The van der Waals surface area contributed by atoms with E-state index in [0.717, 1.165) is 5.69 Å². The summed E-state index contributed by atoms with van der Waals surface area (Å²) in [6.45, 7) is 3.91. The SMILES string of the molecule is O=C1CNc2ccc(C(=O)N3CCC(C(=O)N4CCOCC4)CC3)cc2N1. The minimum absolute atomic E-state index is 0.0147. The maximum Gasteiger partial charge on any atom is 0.253 e. The quantitative estimate of drug-likeness (QED) is 0.800. The Bertz CT molecular complexity index is 752. The second-order valence-corrected chi connectivity index (χ2v) is 7.17. The fraction of sp³-hybridized carbons (Fsp3) is 0.526. The van der Waals surface area contributed by atoms with E-state index in [0.29, 0.717) is 63.5 Å². The number of morpholine rings is 1. The number of nitrogens with zero attached hydrogens (tertiary/aromatic N) is 2. The van der Waals surface area contributed by atoms with Gasteiger partial charge in [0.25, 0.3) is 5.91 Å². The second-order valence-electron chi connectivity index (χ2n) is 7.17. The third-order valence-corrected chi connectivity index (χ3v) is 5.43. The van der Waals surface area contributed by atoms with Gasteiger partial charge < -0.3 is 25.2 Å². The number of hydrogen-bond donors (Lipinski definition) is 2. The molecule has 0 radical (unpaired) electrons. The molecule has 144 valence electrons. The maximum atomic E-state index is 12.8. The number of likely N-dealkylation sites (tertiary alicyclic amines) is 1. The summed E-state index contributed by atoms with van der Waals surface area (Å²) in [4.78, 5) is 40.6. The van der Waals surface area contributed by atoms with E-state index >= 15 is 0 Å². The summed E-state index contributed by atoms with van der Waals surface area (Å²) >= 11 is 0. The van der Waals surface area contributed by atoms with Crippen LogP contribution < -0.4 is 10.6 Å². The van der Waals surface area contributed by atoms with Gasteiger partial charge in [0.15, 0.2) is 0 Å². The largest absolute Gasteiger partial charge is 0.378 e. The molecule has 2 saturated heterocycles. The molecule has 0 aliphatic carbocycles. The topological polar surface area (TPSA) is 91.0 Å². The number of benzene rings is 1. The van der Waals surface area contributed by atoms with E-state index in [9.17, 15) is 14.4 Å². The van der Waals surface area contributed by atoms with Gasteiger partial charge >= 0.3 is 0 Å². The first-order chi connectivity index (χ1) is 13.1. The summed E-state index contributed by atoms with van der Waals surface area (Å²) in [5, 5.41) is 5.80. The average molecular weight is 372 g/mol. The third kappa shape index (κ3) is 3.75.